The molecule has 1 N–H and O–H groups in total. The van der Waals surface area contributed by atoms with E-state index in [0.29, 0.717) is 24.2 Å². The second-order valence-electron chi connectivity index (χ2n) is 7.51. The number of ether oxygens (including phenoxy) is 1. The zero-order valence-electron chi connectivity index (χ0n) is 17.8. The van der Waals surface area contributed by atoms with Gasteiger partial charge in [-0.2, -0.15) is 5.26 Å². The van der Waals surface area contributed by atoms with Crippen LogP contribution in [0.4, 0.5) is 0 Å². The van der Waals surface area contributed by atoms with Crippen LogP contribution in [0.25, 0.3) is 33.5 Å². The number of aromatic amines is 1. The van der Waals surface area contributed by atoms with Crippen LogP contribution >= 0.6 is 0 Å². The third kappa shape index (κ3) is 2.98. The third-order valence-electron chi connectivity index (χ3n) is 5.69. The predicted molar refractivity (Wildman–Crippen MR) is 118 cm³/mol. The van der Waals surface area contributed by atoms with E-state index in [1.807, 2.05) is 64.5 Å². The molecule has 0 amide bonds. The molecule has 0 aliphatic heterocycles. The van der Waals surface area contributed by atoms with Crippen molar-refractivity contribution in [2.24, 2.45) is 0 Å². The van der Waals surface area contributed by atoms with Crippen molar-refractivity contribution in [2.75, 3.05) is 6.61 Å². The number of carbonyl (C=O) groups excluding carboxylic acids is 1. The first-order chi connectivity index (χ1) is 15.6. The quantitative estimate of drug-likeness (QED) is 0.344. The summed E-state index contributed by atoms with van der Waals surface area (Å²) in [6, 6.07) is 17.9. The summed E-state index contributed by atoms with van der Waals surface area (Å²) in [4.78, 5) is 16.9. The van der Waals surface area contributed by atoms with Crippen molar-refractivity contribution in [1.82, 2.24) is 19.7 Å². The molecule has 32 heavy (non-hydrogen) atoms. The number of nitrogens with one attached hydrogen (secondary N) is 1. The van der Waals surface area contributed by atoms with E-state index in [0.717, 1.165) is 39.0 Å². The lowest BCUT2D eigenvalue weighted by molar-refractivity contribution is -0.639. The maximum absolute atomic E-state index is 12.2. The molecule has 0 saturated heterocycles. The molecule has 8 heteroatoms. The number of para-hydroxylation sites is 4. The number of aromatic nitrogens is 5. The first-order valence-corrected chi connectivity index (χ1v) is 10.5. The fourth-order valence-electron chi connectivity index (χ4n) is 4.22. The number of esters is 1. The van der Waals surface area contributed by atoms with Crippen LogP contribution in [0.2, 0.25) is 0 Å². The molecule has 5 rings (SSSR count). The summed E-state index contributed by atoms with van der Waals surface area (Å²) in [5.41, 5.74) is 6.08. The van der Waals surface area contributed by atoms with Gasteiger partial charge in [0, 0.05) is 12.0 Å². The maximum atomic E-state index is 12.2. The Hall–Kier alpha value is -4.25. The van der Waals surface area contributed by atoms with Crippen LogP contribution in [0.1, 0.15) is 30.0 Å². The molecule has 5 aromatic rings. The monoisotopic (exact) mass is 425 g/mol. The Balaban J connectivity index is 1.89. The van der Waals surface area contributed by atoms with E-state index in [1.165, 1.54) is 0 Å². The molecule has 0 fully saturated rings. The zero-order valence-corrected chi connectivity index (χ0v) is 17.8. The number of benzene rings is 2. The Morgan fingerprint density at radius 2 is 1.94 bits per heavy atom. The highest BCUT2D eigenvalue weighted by Gasteiger charge is 2.28. The number of H-pyrrole nitrogens is 1. The van der Waals surface area contributed by atoms with Crippen molar-refractivity contribution < 1.29 is 14.2 Å². The lowest BCUT2D eigenvalue weighted by Gasteiger charge is -2.13. The SMILES string of the molecule is CCOC(=O)CCc1c(C)c(C#N)c2nc3ccccc3n2c1-[n+]1[nH]nc2ccccc21. The highest BCUT2D eigenvalue weighted by molar-refractivity contribution is 5.85. The molecule has 158 valence electrons. The lowest BCUT2D eigenvalue weighted by atomic mass is 10.00. The van der Waals surface area contributed by atoms with E-state index in [4.69, 9.17) is 9.72 Å². The van der Waals surface area contributed by atoms with Crippen molar-refractivity contribution in [3.63, 3.8) is 0 Å². The summed E-state index contributed by atoms with van der Waals surface area (Å²) in [6.45, 7) is 4.03. The maximum Gasteiger partial charge on any atom is 0.306 e. The van der Waals surface area contributed by atoms with Crippen molar-refractivity contribution in [3.05, 3.63) is 65.2 Å². The summed E-state index contributed by atoms with van der Waals surface area (Å²) < 4.78 is 9.03. The summed E-state index contributed by atoms with van der Waals surface area (Å²) in [5.74, 6) is 0.509. The molecule has 3 heterocycles. The van der Waals surface area contributed by atoms with Gasteiger partial charge >= 0.3 is 5.97 Å². The zero-order chi connectivity index (χ0) is 22.2. The Kier molecular flexibility index (Phi) is 4.79. The molecule has 0 atom stereocenters. The van der Waals surface area contributed by atoms with Gasteiger partial charge in [-0.05, 0) is 55.2 Å². The number of rotatable bonds is 5. The molecule has 0 bridgehead atoms. The number of imidazole rings is 1. The fraction of sp³-hybridized carbons (Fsp3) is 0.208. The summed E-state index contributed by atoms with van der Waals surface area (Å²) >= 11 is 0. The van der Waals surface area contributed by atoms with Crippen molar-refractivity contribution in [1.29, 1.82) is 5.26 Å². The van der Waals surface area contributed by atoms with Crippen LogP contribution in [0.15, 0.2) is 48.5 Å². The fourth-order valence-corrected chi connectivity index (χ4v) is 4.22. The van der Waals surface area contributed by atoms with Gasteiger partial charge in [0.2, 0.25) is 11.2 Å². The van der Waals surface area contributed by atoms with Crippen LogP contribution in [0.3, 0.4) is 0 Å². The molecule has 0 unspecified atom stereocenters. The minimum atomic E-state index is -0.272. The van der Waals surface area contributed by atoms with Gasteiger partial charge in [-0.15, -0.1) is 9.90 Å². The van der Waals surface area contributed by atoms with Crippen LogP contribution < -0.4 is 4.68 Å². The summed E-state index contributed by atoms with van der Waals surface area (Å²) in [7, 11) is 0. The Morgan fingerprint density at radius 1 is 1.19 bits per heavy atom. The van der Waals surface area contributed by atoms with E-state index in [2.05, 4.69) is 16.4 Å². The molecule has 0 aliphatic rings. The van der Waals surface area contributed by atoms with Gasteiger partial charge in [-0.3, -0.25) is 4.79 Å². The van der Waals surface area contributed by atoms with E-state index < -0.39 is 0 Å². The first kappa shape index (κ1) is 19.7. The molecule has 0 spiro atoms. The summed E-state index contributed by atoms with van der Waals surface area (Å²) in [5, 5.41) is 17.6. The second-order valence-corrected chi connectivity index (χ2v) is 7.51. The van der Waals surface area contributed by atoms with Crippen LogP contribution in [-0.2, 0) is 16.0 Å². The van der Waals surface area contributed by atoms with E-state index in [-0.39, 0.29) is 12.4 Å². The van der Waals surface area contributed by atoms with Crippen LogP contribution in [0.5, 0.6) is 0 Å². The van der Waals surface area contributed by atoms with Gasteiger partial charge in [0.1, 0.15) is 22.7 Å². The number of hydrogen-bond acceptors (Lipinski definition) is 5. The van der Waals surface area contributed by atoms with Crippen molar-refractivity contribution >= 4 is 33.7 Å². The highest BCUT2D eigenvalue weighted by Crippen LogP contribution is 2.29. The van der Waals surface area contributed by atoms with Crippen molar-refractivity contribution in [2.45, 2.75) is 26.7 Å². The number of fused-ring (bicyclic) bond motifs is 4. The number of pyridine rings is 1. The minimum absolute atomic E-state index is 0.206. The summed E-state index contributed by atoms with van der Waals surface area (Å²) in [6.07, 6.45) is 0.620. The smallest absolute Gasteiger partial charge is 0.306 e. The number of hydrogen-bond donors (Lipinski definition) is 1. The van der Waals surface area contributed by atoms with Gasteiger partial charge in [-0.1, -0.05) is 24.3 Å². The molecule has 0 aliphatic carbocycles. The van der Waals surface area contributed by atoms with E-state index in [1.54, 1.807) is 6.92 Å². The van der Waals surface area contributed by atoms with Gasteiger partial charge in [-0.25, -0.2) is 9.38 Å². The Bertz CT molecular complexity index is 1540. The van der Waals surface area contributed by atoms with Crippen LogP contribution in [-0.4, -0.2) is 32.3 Å². The minimum Gasteiger partial charge on any atom is -0.466 e. The third-order valence-corrected chi connectivity index (χ3v) is 5.69. The molecule has 0 radical (unpaired) electrons. The van der Waals surface area contributed by atoms with Gasteiger partial charge < -0.3 is 4.74 Å². The van der Waals surface area contributed by atoms with Gasteiger partial charge in [0.15, 0.2) is 5.52 Å². The largest absolute Gasteiger partial charge is 0.466 e. The number of carbonyl (C=O) groups is 1. The standard InChI is InChI=1S/C24H20N6O2/c1-3-32-22(31)13-12-16-15(2)17(14-25)23-26-18-8-4-6-10-20(18)29(23)24(16)30-21-11-7-5-9-19(21)27-28-30/h4-11H,3,12-13H2,1-2H3/p+1. The Labute approximate surface area is 183 Å². The molecule has 3 aromatic heterocycles. The highest BCUT2D eigenvalue weighted by atomic mass is 16.5. The topological polar surface area (TPSA) is 100.0 Å². The average molecular weight is 425 g/mol. The lowest BCUT2D eigenvalue weighted by Crippen LogP contribution is -2.38. The first-order valence-electron chi connectivity index (χ1n) is 10.5. The predicted octanol–water partition coefficient (Wildman–Crippen LogP) is 3.32. The molecule has 8 nitrogen and oxygen atoms in total. The molecule has 0 saturated carbocycles. The van der Waals surface area contributed by atoms with Gasteiger partial charge in [0.25, 0.3) is 5.82 Å². The number of nitriles is 1. The molecular formula is C24H21N6O2+. The van der Waals surface area contributed by atoms with Crippen molar-refractivity contribution in [3.8, 4) is 11.9 Å². The number of nitrogens with zero attached hydrogens (tertiary/aromatic N) is 5. The normalized spacial score (nSPS) is 11.3. The van der Waals surface area contributed by atoms with Crippen LogP contribution in [0, 0.1) is 18.3 Å². The van der Waals surface area contributed by atoms with Gasteiger partial charge in [0.05, 0.1) is 6.61 Å². The molecule has 2 aromatic carbocycles. The Morgan fingerprint density at radius 3 is 2.72 bits per heavy atom. The van der Waals surface area contributed by atoms with E-state index >= 15 is 0 Å². The molecular weight excluding hydrogens is 404 g/mol. The second kappa shape index (κ2) is 7.78. The average Bonchev–Trinajstić information content (AvgIpc) is 3.39. The van der Waals surface area contributed by atoms with E-state index in [9.17, 15) is 10.1 Å².